The van der Waals surface area contributed by atoms with Crippen molar-refractivity contribution in [2.75, 3.05) is 12.4 Å². The van der Waals surface area contributed by atoms with Crippen LogP contribution < -0.4 is 5.32 Å². The first-order chi connectivity index (χ1) is 11.9. The summed E-state index contributed by atoms with van der Waals surface area (Å²) in [7, 11) is 1.35. The van der Waals surface area contributed by atoms with Gasteiger partial charge < -0.3 is 10.1 Å². The molecule has 0 aliphatic heterocycles. The minimum absolute atomic E-state index is 0.152. The molecule has 1 amide bonds. The maximum absolute atomic E-state index is 12.9. The number of aryl methyl sites for hydroxylation is 2. The lowest BCUT2D eigenvalue weighted by molar-refractivity contribution is -0.139. The predicted molar refractivity (Wildman–Crippen MR) is 103 cm³/mol. The zero-order chi connectivity index (χ0) is 18.4. The van der Waals surface area contributed by atoms with Gasteiger partial charge >= 0.3 is 5.97 Å². The molecule has 0 saturated carbocycles. The largest absolute Gasteiger partial charge is 0.468 e. The Bertz CT molecular complexity index is 746. The number of methoxy groups -OCH3 is 1. The summed E-state index contributed by atoms with van der Waals surface area (Å²) in [4.78, 5) is 24.7. The molecule has 2 unspecified atom stereocenters. The van der Waals surface area contributed by atoms with Gasteiger partial charge in [-0.05, 0) is 43.5 Å². The second-order valence-corrected chi connectivity index (χ2v) is 7.35. The van der Waals surface area contributed by atoms with Gasteiger partial charge in [0, 0.05) is 5.69 Å². The van der Waals surface area contributed by atoms with Gasteiger partial charge in [0.25, 0.3) is 0 Å². The molecule has 1 N–H and O–H groups in total. The van der Waals surface area contributed by atoms with Gasteiger partial charge in [0.15, 0.2) is 0 Å². The fraction of sp³-hybridized carbons (Fsp3) is 0.300. The molecule has 132 valence electrons. The third kappa shape index (κ3) is 5.10. The Balaban J connectivity index is 2.26. The average Bonchev–Trinajstić information content (AvgIpc) is 2.62. The standard InChI is InChI=1S/C20H23NO3S/c1-13-10-11-14(2)17(12-13)21-19(22)18(16-8-6-5-7-9-16)25-15(3)20(23)24-4/h5-12,15,18H,1-4H3,(H,21,22). The first-order valence-electron chi connectivity index (χ1n) is 8.08. The molecule has 0 saturated heterocycles. The van der Waals surface area contributed by atoms with Crippen LogP contribution in [0.15, 0.2) is 48.5 Å². The van der Waals surface area contributed by atoms with Crippen molar-refractivity contribution in [1.82, 2.24) is 0 Å². The summed E-state index contributed by atoms with van der Waals surface area (Å²) < 4.78 is 4.79. The molecule has 0 fully saturated rings. The van der Waals surface area contributed by atoms with E-state index < -0.39 is 10.5 Å². The molecule has 0 heterocycles. The van der Waals surface area contributed by atoms with Gasteiger partial charge in [-0.2, -0.15) is 0 Å². The van der Waals surface area contributed by atoms with Crippen molar-refractivity contribution in [2.24, 2.45) is 0 Å². The molecule has 25 heavy (non-hydrogen) atoms. The number of nitrogens with one attached hydrogen (secondary N) is 1. The van der Waals surface area contributed by atoms with Crippen molar-refractivity contribution in [3.63, 3.8) is 0 Å². The fourth-order valence-electron chi connectivity index (χ4n) is 2.41. The van der Waals surface area contributed by atoms with Crippen molar-refractivity contribution in [3.05, 3.63) is 65.2 Å². The Morgan fingerprint density at radius 2 is 1.76 bits per heavy atom. The number of hydrogen-bond donors (Lipinski definition) is 1. The minimum Gasteiger partial charge on any atom is -0.468 e. The van der Waals surface area contributed by atoms with Crippen LogP contribution in [0.25, 0.3) is 0 Å². The molecule has 0 spiro atoms. The van der Waals surface area contributed by atoms with Gasteiger partial charge in [-0.3, -0.25) is 9.59 Å². The van der Waals surface area contributed by atoms with Crippen molar-refractivity contribution in [2.45, 2.75) is 31.3 Å². The SMILES string of the molecule is COC(=O)C(C)SC(C(=O)Nc1cc(C)ccc1C)c1ccccc1. The normalized spacial score (nSPS) is 13.0. The van der Waals surface area contributed by atoms with E-state index in [4.69, 9.17) is 4.74 Å². The van der Waals surface area contributed by atoms with Gasteiger partial charge in [-0.1, -0.05) is 42.5 Å². The topological polar surface area (TPSA) is 55.4 Å². The summed E-state index contributed by atoms with van der Waals surface area (Å²) >= 11 is 1.28. The van der Waals surface area contributed by atoms with Crippen molar-refractivity contribution in [3.8, 4) is 0 Å². The molecule has 2 aromatic rings. The summed E-state index contributed by atoms with van der Waals surface area (Å²) in [5.74, 6) is -0.494. The van der Waals surface area contributed by atoms with Gasteiger partial charge in [0.2, 0.25) is 5.91 Å². The zero-order valence-corrected chi connectivity index (χ0v) is 15.7. The first-order valence-corrected chi connectivity index (χ1v) is 9.03. The third-order valence-electron chi connectivity index (χ3n) is 3.86. The third-order valence-corrected chi connectivity index (χ3v) is 5.22. The number of anilines is 1. The molecule has 2 rings (SSSR count). The van der Waals surface area contributed by atoms with Gasteiger partial charge in [-0.15, -0.1) is 11.8 Å². The lowest BCUT2D eigenvalue weighted by Gasteiger charge is -2.20. The number of hydrogen-bond acceptors (Lipinski definition) is 4. The molecule has 5 heteroatoms. The number of esters is 1. The highest BCUT2D eigenvalue weighted by Crippen LogP contribution is 2.34. The smallest absolute Gasteiger partial charge is 0.318 e. The summed E-state index contributed by atoms with van der Waals surface area (Å²) in [5.41, 5.74) is 3.72. The fourth-order valence-corrected chi connectivity index (χ4v) is 3.53. The number of amides is 1. The molecule has 4 nitrogen and oxygen atoms in total. The Labute approximate surface area is 153 Å². The van der Waals surface area contributed by atoms with Crippen LogP contribution in [-0.4, -0.2) is 24.2 Å². The molecule has 2 atom stereocenters. The Hall–Kier alpha value is -2.27. The quantitative estimate of drug-likeness (QED) is 0.784. The van der Waals surface area contributed by atoms with Crippen LogP contribution >= 0.6 is 11.8 Å². The van der Waals surface area contributed by atoms with Gasteiger partial charge in [0.1, 0.15) is 10.5 Å². The van der Waals surface area contributed by atoms with Crippen LogP contribution in [0.1, 0.15) is 28.9 Å². The van der Waals surface area contributed by atoms with E-state index in [1.807, 2.05) is 62.4 Å². The second-order valence-electron chi connectivity index (χ2n) is 5.90. The highest BCUT2D eigenvalue weighted by molar-refractivity contribution is 8.01. The molecular formula is C20H23NO3S. The highest BCUT2D eigenvalue weighted by Gasteiger charge is 2.27. The van der Waals surface area contributed by atoms with Crippen LogP contribution in [-0.2, 0) is 14.3 Å². The van der Waals surface area contributed by atoms with Crippen LogP contribution in [0, 0.1) is 13.8 Å². The van der Waals surface area contributed by atoms with E-state index in [9.17, 15) is 9.59 Å². The molecular weight excluding hydrogens is 334 g/mol. The van der Waals surface area contributed by atoms with Crippen molar-refractivity contribution < 1.29 is 14.3 Å². The number of carbonyl (C=O) groups excluding carboxylic acids is 2. The lowest BCUT2D eigenvalue weighted by Crippen LogP contribution is -2.24. The van der Waals surface area contributed by atoms with Crippen LogP contribution in [0.3, 0.4) is 0 Å². The number of rotatable bonds is 6. The van der Waals surface area contributed by atoms with E-state index in [-0.39, 0.29) is 11.9 Å². The minimum atomic E-state index is -0.504. The van der Waals surface area contributed by atoms with E-state index in [1.165, 1.54) is 18.9 Å². The first kappa shape index (κ1) is 19.1. The number of benzene rings is 2. The van der Waals surface area contributed by atoms with E-state index in [2.05, 4.69) is 5.32 Å². The van der Waals surface area contributed by atoms with Crippen LogP contribution in [0.2, 0.25) is 0 Å². The zero-order valence-electron chi connectivity index (χ0n) is 14.9. The number of carbonyl (C=O) groups is 2. The van der Waals surface area contributed by atoms with Gasteiger partial charge in [0.05, 0.1) is 7.11 Å². The Kier molecular flexibility index (Phi) is 6.65. The summed E-state index contributed by atoms with van der Waals surface area (Å²) in [6, 6.07) is 15.4. The maximum Gasteiger partial charge on any atom is 0.318 e. The summed E-state index contributed by atoms with van der Waals surface area (Å²) in [6.45, 7) is 5.69. The van der Waals surface area contributed by atoms with Crippen LogP contribution in [0.5, 0.6) is 0 Å². The van der Waals surface area contributed by atoms with Crippen LogP contribution in [0.4, 0.5) is 5.69 Å². The number of ether oxygens (including phenoxy) is 1. The highest BCUT2D eigenvalue weighted by atomic mass is 32.2. The van der Waals surface area contributed by atoms with E-state index >= 15 is 0 Å². The Morgan fingerprint density at radius 1 is 1.08 bits per heavy atom. The van der Waals surface area contributed by atoms with E-state index in [1.54, 1.807) is 6.92 Å². The molecule has 0 aliphatic carbocycles. The van der Waals surface area contributed by atoms with E-state index in [0.717, 1.165) is 22.4 Å². The van der Waals surface area contributed by atoms with Crippen molar-refractivity contribution >= 4 is 29.3 Å². The molecule has 0 aromatic heterocycles. The van der Waals surface area contributed by atoms with E-state index in [0.29, 0.717) is 0 Å². The summed E-state index contributed by atoms with van der Waals surface area (Å²) in [6.07, 6.45) is 0. The molecule has 0 radical (unpaired) electrons. The Morgan fingerprint density at radius 3 is 2.40 bits per heavy atom. The monoisotopic (exact) mass is 357 g/mol. The molecule has 0 bridgehead atoms. The number of thioether (sulfide) groups is 1. The predicted octanol–water partition coefficient (Wildman–Crippen LogP) is 4.28. The summed E-state index contributed by atoms with van der Waals surface area (Å²) in [5, 5.41) is 2.05. The average molecular weight is 357 g/mol. The van der Waals surface area contributed by atoms with Crippen molar-refractivity contribution in [1.29, 1.82) is 0 Å². The second kappa shape index (κ2) is 8.72. The maximum atomic E-state index is 12.9. The molecule has 2 aromatic carbocycles. The lowest BCUT2D eigenvalue weighted by atomic mass is 10.1. The molecule has 0 aliphatic rings. The van der Waals surface area contributed by atoms with Gasteiger partial charge in [-0.25, -0.2) is 0 Å².